The molecule has 0 unspecified atom stereocenters. The van der Waals surface area contributed by atoms with E-state index in [9.17, 15) is 0 Å². The van der Waals surface area contributed by atoms with Crippen LogP contribution in [0.1, 0.15) is 25.0 Å². The molecule has 0 fully saturated rings. The molecule has 2 rings (SSSR count). The van der Waals surface area contributed by atoms with Crippen molar-refractivity contribution in [2.75, 3.05) is 11.9 Å². The Morgan fingerprint density at radius 2 is 1.81 bits per heavy atom. The maximum Gasteiger partial charge on any atom is 0.120 e. The van der Waals surface area contributed by atoms with Gasteiger partial charge in [0.05, 0.1) is 6.10 Å². The lowest BCUT2D eigenvalue weighted by atomic mass is 10.1. The van der Waals surface area contributed by atoms with Crippen LogP contribution in [0.5, 0.6) is 5.75 Å². The highest BCUT2D eigenvalue weighted by molar-refractivity contribution is 5.45. The lowest BCUT2D eigenvalue weighted by Crippen LogP contribution is -2.06. The van der Waals surface area contributed by atoms with Crippen molar-refractivity contribution in [1.82, 2.24) is 0 Å². The normalized spacial score (nSPS) is 10.7. The van der Waals surface area contributed by atoms with Crippen molar-refractivity contribution in [1.29, 1.82) is 0 Å². The molecule has 0 bridgehead atoms. The number of nitrogens with one attached hydrogen (secondary N) is 1. The van der Waals surface area contributed by atoms with Crippen molar-refractivity contribution in [2.45, 2.75) is 32.9 Å². The molecule has 3 nitrogen and oxygen atoms in total. The third kappa shape index (κ3) is 5.12. The molecule has 0 saturated carbocycles. The van der Waals surface area contributed by atoms with Crippen LogP contribution in [-0.2, 0) is 13.0 Å². The molecule has 112 valence electrons. The number of anilines is 1. The smallest absolute Gasteiger partial charge is 0.120 e. The molecule has 0 radical (unpaired) electrons. The first kappa shape index (κ1) is 15.4. The zero-order valence-electron chi connectivity index (χ0n) is 12.7. The van der Waals surface area contributed by atoms with E-state index >= 15 is 0 Å². The molecule has 2 aromatic carbocycles. The summed E-state index contributed by atoms with van der Waals surface area (Å²) in [6, 6.07) is 16.3. The zero-order chi connectivity index (χ0) is 15.1. The maximum absolute atomic E-state index is 8.90. The second-order valence-electron chi connectivity index (χ2n) is 5.34. The lowest BCUT2D eigenvalue weighted by Gasteiger charge is -2.12. The number of aliphatic hydroxyl groups excluding tert-OH is 1. The van der Waals surface area contributed by atoms with E-state index < -0.39 is 0 Å². The minimum atomic E-state index is 0.187. The van der Waals surface area contributed by atoms with Gasteiger partial charge in [-0.25, -0.2) is 0 Å². The van der Waals surface area contributed by atoms with Gasteiger partial charge in [0.2, 0.25) is 0 Å². The number of hydrogen-bond donors (Lipinski definition) is 2. The fourth-order valence-corrected chi connectivity index (χ4v) is 2.12. The number of aliphatic hydroxyl groups is 1. The number of benzene rings is 2. The average Bonchev–Trinajstić information content (AvgIpc) is 2.47. The Morgan fingerprint density at radius 1 is 1.05 bits per heavy atom. The van der Waals surface area contributed by atoms with Crippen LogP contribution in [-0.4, -0.2) is 17.8 Å². The standard InChI is InChI=1S/C18H23NO2/c1-14(2)21-18-5-3-4-16(12-18)13-19-17-8-6-15(7-9-17)10-11-20/h3-9,12,14,19-20H,10-11,13H2,1-2H3. The van der Waals surface area contributed by atoms with E-state index in [1.807, 2.05) is 50.2 Å². The van der Waals surface area contributed by atoms with Gasteiger partial charge in [0.25, 0.3) is 0 Å². The first-order chi connectivity index (χ1) is 10.2. The molecular formula is C18H23NO2. The van der Waals surface area contributed by atoms with Crippen LogP contribution in [0.4, 0.5) is 5.69 Å². The van der Waals surface area contributed by atoms with Gasteiger partial charge in [-0.15, -0.1) is 0 Å². The third-order valence-corrected chi connectivity index (χ3v) is 3.12. The first-order valence-electron chi connectivity index (χ1n) is 7.36. The number of hydrogen-bond acceptors (Lipinski definition) is 3. The summed E-state index contributed by atoms with van der Waals surface area (Å²) in [6.07, 6.45) is 0.891. The number of ether oxygens (including phenoxy) is 1. The van der Waals surface area contributed by atoms with Crippen molar-refractivity contribution < 1.29 is 9.84 Å². The van der Waals surface area contributed by atoms with Crippen molar-refractivity contribution in [3.05, 3.63) is 59.7 Å². The van der Waals surface area contributed by atoms with Gasteiger partial charge in [-0.3, -0.25) is 0 Å². The largest absolute Gasteiger partial charge is 0.491 e. The Balaban J connectivity index is 1.93. The Labute approximate surface area is 126 Å². The molecule has 0 aliphatic rings. The van der Waals surface area contributed by atoms with E-state index in [-0.39, 0.29) is 12.7 Å². The SMILES string of the molecule is CC(C)Oc1cccc(CNc2ccc(CCO)cc2)c1. The summed E-state index contributed by atoms with van der Waals surface area (Å²) in [7, 11) is 0. The predicted octanol–water partition coefficient (Wildman–Crippen LogP) is 3.62. The Kier molecular flexibility index (Phi) is 5.64. The highest BCUT2D eigenvalue weighted by Crippen LogP contribution is 2.17. The van der Waals surface area contributed by atoms with Crippen LogP contribution < -0.4 is 10.1 Å². The average molecular weight is 285 g/mol. The van der Waals surface area contributed by atoms with Crippen molar-refractivity contribution in [2.24, 2.45) is 0 Å². The molecule has 0 aliphatic carbocycles. The summed E-state index contributed by atoms with van der Waals surface area (Å²) in [5.74, 6) is 0.905. The van der Waals surface area contributed by atoms with Gasteiger partial charge in [-0.05, 0) is 55.7 Å². The van der Waals surface area contributed by atoms with Gasteiger partial charge in [-0.2, -0.15) is 0 Å². The lowest BCUT2D eigenvalue weighted by molar-refractivity contribution is 0.242. The second kappa shape index (κ2) is 7.70. The molecule has 0 atom stereocenters. The van der Waals surface area contributed by atoms with Crippen molar-refractivity contribution in [3.8, 4) is 5.75 Å². The van der Waals surface area contributed by atoms with E-state index in [1.165, 1.54) is 5.56 Å². The highest BCUT2D eigenvalue weighted by atomic mass is 16.5. The van der Waals surface area contributed by atoms with Gasteiger partial charge < -0.3 is 15.2 Å². The van der Waals surface area contributed by atoms with Gasteiger partial charge in [0.1, 0.15) is 5.75 Å². The minimum Gasteiger partial charge on any atom is -0.491 e. The molecule has 0 aliphatic heterocycles. The van der Waals surface area contributed by atoms with Crippen LogP contribution in [0.25, 0.3) is 0 Å². The summed E-state index contributed by atoms with van der Waals surface area (Å²) in [5, 5.41) is 12.3. The van der Waals surface area contributed by atoms with Gasteiger partial charge in [-0.1, -0.05) is 24.3 Å². The van der Waals surface area contributed by atoms with Crippen LogP contribution in [0.2, 0.25) is 0 Å². The summed E-state index contributed by atoms with van der Waals surface area (Å²) in [5.41, 5.74) is 3.41. The molecular weight excluding hydrogens is 262 g/mol. The summed E-state index contributed by atoms with van der Waals surface area (Å²) in [4.78, 5) is 0. The molecule has 0 spiro atoms. The van der Waals surface area contributed by atoms with Crippen LogP contribution in [0.3, 0.4) is 0 Å². The predicted molar refractivity (Wildman–Crippen MR) is 86.8 cm³/mol. The Hall–Kier alpha value is -2.00. The fraction of sp³-hybridized carbons (Fsp3) is 0.333. The molecule has 2 N–H and O–H groups in total. The molecule has 21 heavy (non-hydrogen) atoms. The maximum atomic E-state index is 8.90. The molecule has 0 saturated heterocycles. The van der Waals surface area contributed by atoms with Crippen LogP contribution in [0.15, 0.2) is 48.5 Å². The highest BCUT2D eigenvalue weighted by Gasteiger charge is 2.00. The van der Waals surface area contributed by atoms with E-state index in [0.717, 1.165) is 23.5 Å². The van der Waals surface area contributed by atoms with Gasteiger partial charge in [0, 0.05) is 18.8 Å². The van der Waals surface area contributed by atoms with E-state index in [2.05, 4.69) is 17.4 Å². The number of rotatable bonds is 7. The molecule has 2 aromatic rings. The first-order valence-corrected chi connectivity index (χ1v) is 7.36. The molecule has 0 amide bonds. The summed E-state index contributed by atoms with van der Waals surface area (Å²) < 4.78 is 5.70. The summed E-state index contributed by atoms with van der Waals surface area (Å²) >= 11 is 0. The van der Waals surface area contributed by atoms with Crippen LogP contribution >= 0.6 is 0 Å². The Bertz CT molecular complexity index is 549. The van der Waals surface area contributed by atoms with E-state index in [4.69, 9.17) is 9.84 Å². The zero-order valence-corrected chi connectivity index (χ0v) is 12.7. The fourth-order valence-electron chi connectivity index (χ4n) is 2.12. The second-order valence-corrected chi connectivity index (χ2v) is 5.34. The minimum absolute atomic E-state index is 0.187. The van der Waals surface area contributed by atoms with Crippen LogP contribution in [0, 0.1) is 0 Å². The molecule has 3 heteroatoms. The topological polar surface area (TPSA) is 41.5 Å². The molecule has 0 heterocycles. The van der Waals surface area contributed by atoms with E-state index in [1.54, 1.807) is 0 Å². The van der Waals surface area contributed by atoms with Crippen molar-refractivity contribution >= 4 is 5.69 Å². The Morgan fingerprint density at radius 3 is 2.48 bits per heavy atom. The summed E-state index contributed by atoms with van der Waals surface area (Å²) in [6.45, 7) is 5.00. The van der Waals surface area contributed by atoms with Gasteiger partial charge in [0.15, 0.2) is 0 Å². The van der Waals surface area contributed by atoms with Gasteiger partial charge >= 0.3 is 0 Å². The quantitative estimate of drug-likeness (QED) is 0.816. The third-order valence-electron chi connectivity index (χ3n) is 3.12. The molecule has 0 aromatic heterocycles. The van der Waals surface area contributed by atoms with E-state index in [0.29, 0.717) is 6.42 Å². The monoisotopic (exact) mass is 285 g/mol. The van der Waals surface area contributed by atoms with Crippen molar-refractivity contribution in [3.63, 3.8) is 0 Å².